The van der Waals surface area contributed by atoms with E-state index in [1.807, 2.05) is 24.4 Å². The first-order valence-corrected chi connectivity index (χ1v) is 7.35. The molecule has 1 aromatic heterocycles. The number of rotatable bonds is 5. The molecule has 2 heterocycles. The molecule has 2 unspecified atom stereocenters. The molecule has 1 aliphatic heterocycles. The molecule has 1 amide bonds. The van der Waals surface area contributed by atoms with E-state index in [1.54, 1.807) is 11.3 Å². The van der Waals surface area contributed by atoms with E-state index in [0.717, 1.165) is 19.4 Å². The lowest BCUT2D eigenvalue weighted by molar-refractivity contribution is -0.123. The van der Waals surface area contributed by atoms with Crippen molar-refractivity contribution < 1.29 is 4.79 Å². The van der Waals surface area contributed by atoms with Crippen molar-refractivity contribution in [3.8, 4) is 0 Å². The summed E-state index contributed by atoms with van der Waals surface area (Å²) in [6, 6.07) is 4.53. The van der Waals surface area contributed by atoms with Gasteiger partial charge in [0.2, 0.25) is 5.91 Å². The van der Waals surface area contributed by atoms with Gasteiger partial charge < -0.3 is 11.1 Å². The molecule has 2 rings (SSSR count). The minimum atomic E-state index is 0.0938. The Bertz CT molecular complexity index is 380. The second kappa shape index (κ2) is 6.31. The lowest BCUT2D eigenvalue weighted by atomic mass is 10.2. The van der Waals surface area contributed by atoms with Crippen LogP contribution >= 0.6 is 11.3 Å². The van der Waals surface area contributed by atoms with Crippen LogP contribution in [0.1, 0.15) is 30.7 Å². The van der Waals surface area contributed by atoms with Gasteiger partial charge in [0.05, 0.1) is 12.6 Å². The average molecular weight is 267 g/mol. The third-order valence-corrected chi connectivity index (χ3v) is 4.52. The van der Waals surface area contributed by atoms with Crippen molar-refractivity contribution in [1.82, 2.24) is 10.2 Å². The largest absolute Gasteiger partial charge is 0.348 e. The van der Waals surface area contributed by atoms with Crippen LogP contribution in [-0.4, -0.2) is 36.5 Å². The zero-order chi connectivity index (χ0) is 13.0. The molecule has 0 radical (unpaired) electrons. The highest BCUT2D eigenvalue weighted by atomic mass is 32.1. The van der Waals surface area contributed by atoms with Crippen molar-refractivity contribution >= 4 is 17.2 Å². The van der Waals surface area contributed by atoms with Crippen LogP contribution in [0.4, 0.5) is 0 Å². The Balaban J connectivity index is 1.81. The molecule has 5 heteroatoms. The fraction of sp³-hybridized carbons (Fsp3) is 0.615. The van der Waals surface area contributed by atoms with Gasteiger partial charge in [-0.1, -0.05) is 6.07 Å². The molecule has 0 saturated carbocycles. The van der Waals surface area contributed by atoms with E-state index in [2.05, 4.69) is 10.2 Å². The van der Waals surface area contributed by atoms with Crippen LogP contribution in [0.5, 0.6) is 0 Å². The molecular formula is C13H21N3OS. The number of carbonyl (C=O) groups excluding carboxylic acids is 1. The number of nitrogens with one attached hydrogen (secondary N) is 1. The predicted molar refractivity (Wildman–Crippen MR) is 74.5 cm³/mol. The monoisotopic (exact) mass is 267 g/mol. The van der Waals surface area contributed by atoms with E-state index in [0.29, 0.717) is 19.1 Å². The maximum absolute atomic E-state index is 12.0. The molecule has 1 saturated heterocycles. The number of likely N-dealkylation sites (tertiary alicyclic amines) is 1. The van der Waals surface area contributed by atoms with E-state index in [-0.39, 0.29) is 11.9 Å². The van der Waals surface area contributed by atoms with Gasteiger partial charge in [0.15, 0.2) is 0 Å². The number of hydrogen-bond acceptors (Lipinski definition) is 4. The number of thiophene rings is 1. The summed E-state index contributed by atoms with van der Waals surface area (Å²) in [5, 5.41) is 5.07. The number of amides is 1. The van der Waals surface area contributed by atoms with Gasteiger partial charge in [-0.25, -0.2) is 0 Å². The maximum atomic E-state index is 12.0. The molecular weight excluding hydrogens is 246 g/mol. The summed E-state index contributed by atoms with van der Waals surface area (Å²) in [6.07, 6.45) is 2.26. The first-order valence-electron chi connectivity index (χ1n) is 6.47. The van der Waals surface area contributed by atoms with Crippen LogP contribution in [0.3, 0.4) is 0 Å². The second-order valence-corrected chi connectivity index (χ2v) is 5.79. The van der Waals surface area contributed by atoms with E-state index < -0.39 is 0 Å². The summed E-state index contributed by atoms with van der Waals surface area (Å²) >= 11 is 1.67. The third kappa shape index (κ3) is 3.31. The molecule has 100 valence electrons. The van der Waals surface area contributed by atoms with E-state index in [1.165, 1.54) is 4.88 Å². The minimum Gasteiger partial charge on any atom is -0.348 e. The highest BCUT2D eigenvalue weighted by molar-refractivity contribution is 7.10. The van der Waals surface area contributed by atoms with Crippen LogP contribution in [0.25, 0.3) is 0 Å². The van der Waals surface area contributed by atoms with Crippen molar-refractivity contribution in [2.24, 2.45) is 5.73 Å². The summed E-state index contributed by atoms with van der Waals surface area (Å²) in [5.41, 5.74) is 5.71. The first kappa shape index (κ1) is 13.5. The third-order valence-electron chi connectivity index (χ3n) is 3.47. The number of nitrogens with zero attached hydrogens (tertiary/aromatic N) is 1. The fourth-order valence-corrected chi connectivity index (χ4v) is 3.19. The molecule has 0 bridgehead atoms. The van der Waals surface area contributed by atoms with Gasteiger partial charge in [0.25, 0.3) is 0 Å². The van der Waals surface area contributed by atoms with Gasteiger partial charge in [-0.3, -0.25) is 9.69 Å². The molecule has 4 nitrogen and oxygen atoms in total. The van der Waals surface area contributed by atoms with Gasteiger partial charge in [-0.15, -0.1) is 11.3 Å². The molecule has 0 spiro atoms. The first-order chi connectivity index (χ1) is 8.70. The Labute approximate surface area is 112 Å². The molecule has 0 aliphatic carbocycles. The molecule has 3 N–H and O–H groups in total. The maximum Gasteiger partial charge on any atom is 0.234 e. The van der Waals surface area contributed by atoms with E-state index >= 15 is 0 Å². The van der Waals surface area contributed by atoms with Gasteiger partial charge >= 0.3 is 0 Å². The molecule has 2 atom stereocenters. The van der Waals surface area contributed by atoms with Crippen molar-refractivity contribution in [1.29, 1.82) is 0 Å². The standard InChI is InChI=1S/C13H21N3OS/c1-10(12-5-3-7-18-12)15-13(17)9-16-6-2-4-11(16)8-14/h3,5,7,10-11H,2,4,6,8-9,14H2,1H3,(H,15,17). The van der Waals surface area contributed by atoms with E-state index in [4.69, 9.17) is 5.73 Å². The van der Waals surface area contributed by atoms with Crippen molar-refractivity contribution in [3.05, 3.63) is 22.4 Å². The van der Waals surface area contributed by atoms with Crippen LogP contribution < -0.4 is 11.1 Å². The zero-order valence-corrected chi connectivity index (χ0v) is 11.6. The second-order valence-electron chi connectivity index (χ2n) is 4.81. The summed E-state index contributed by atoms with van der Waals surface area (Å²) in [6.45, 7) is 4.13. The fourth-order valence-electron chi connectivity index (χ4n) is 2.45. The van der Waals surface area contributed by atoms with Crippen LogP contribution in [0.2, 0.25) is 0 Å². The summed E-state index contributed by atoms with van der Waals surface area (Å²) in [4.78, 5) is 15.4. The Morgan fingerprint density at radius 2 is 2.56 bits per heavy atom. The Hall–Kier alpha value is -0.910. The normalized spacial score (nSPS) is 22.0. The van der Waals surface area contributed by atoms with Crippen LogP contribution in [-0.2, 0) is 4.79 Å². The summed E-state index contributed by atoms with van der Waals surface area (Å²) in [5.74, 6) is 0.0938. The van der Waals surface area contributed by atoms with E-state index in [9.17, 15) is 4.79 Å². The highest BCUT2D eigenvalue weighted by Crippen LogP contribution is 2.19. The average Bonchev–Trinajstić information content (AvgIpc) is 2.98. The number of carbonyl (C=O) groups is 1. The SMILES string of the molecule is CC(NC(=O)CN1CCCC1CN)c1cccs1. The zero-order valence-electron chi connectivity index (χ0n) is 10.8. The predicted octanol–water partition coefficient (Wildman–Crippen LogP) is 1.35. The van der Waals surface area contributed by atoms with Crippen molar-refractivity contribution in [2.75, 3.05) is 19.6 Å². The summed E-state index contributed by atoms with van der Waals surface area (Å²) in [7, 11) is 0. The Morgan fingerprint density at radius 1 is 1.72 bits per heavy atom. The van der Waals surface area contributed by atoms with Gasteiger partial charge in [0.1, 0.15) is 0 Å². The Kier molecular flexibility index (Phi) is 4.74. The van der Waals surface area contributed by atoms with Gasteiger partial charge in [-0.05, 0) is 37.8 Å². The number of nitrogens with two attached hydrogens (primary N) is 1. The van der Waals surface area contributed by atoms with Crippen LogP contribution in [0.15, 0.2) is 17.5 Å². The van der Waals surface area contributed by atoms with Gasteiger partial charge in [0, 0.05) is 17.5 Å². The minimum absolute atomic E-state index is 0.0938. The lowest BCUT2D eigenvalue weighted by Gasteiger charge is -2.23. The highest BCUT2D eigenvalue weighted by Gasteiger charge is 2.25. The Morgan fingerprint density at radius 3 is 3.22 bits per heavy atom. The molecule has 1 aliphatic rings. The lowest BCUT2D eigenvalue weighted by Crippen LogP contribution is -2.43. The molecule has 0 aromatic carbocycles. The smallest absolute Gasteiger partial charge is 0.234 e. The topological polar surface area (TPSA) is 58.4 Å². The molecule has 1 aromatic rings. The van der Waals surface area contributed by atoms with Gasteiger partial charge in [-0.2, -0.15) is 0 Å². The van der Waals surface area contributed by atoms with Crippen molar-refractivity contribution in [2.45, 2.75) is 31.8 Å². The number of hydrogen-bond donors (Lipinski definition) is 2. The quantitative estimate of drug-likeness (QED) is 0.846. The summed E-state index contributed by atoms with van der Waals surface area (Å²) < 4.78 is 0. The molecule has 1 fully saturated rings. The van der Waals surface area contributed by atoms with Crippen molar-refractivity contribution in [3.63, 3.8) is 0 Å². The van der Waals surface area contributed by atoms with Crippen LogP contribution in [0, 0.1) is 0 Å². The molecule has 18 heavy (non-hydrogen) atoms.